The molecule has 3 aromatic rings. The van der Waals surface area contributed by atoms with Gasteiger partial charge in [-0.05, 0) is 18.2 Å². The summed E-state index contributed by atoms with van der Waals surface area (Å²) < 4.78 is 9.92. The van der Waals surface area contributed by atoms with E-state index in [1.54, 1.807) is 6.20 Å². The quantitative estimate of drug-likeness (QED) is 0.678. The summed E-state index contributed by atoms with van der Waals surface area (Å²) in [6.45, 7) is 4.88. The highest BCUT2D eigenvalue weighted by Gasteiger charge is 2.23. The summed E-state index contributed by atoms with van der Waals surface area (Å²) in [5, 5.41) is 8.77. The van der Waals surface area contributed by atoms with E-state index >= 15 is 0 Å². The van der Waals surface area contributed by atoms with Gasteiger partial charge in [0, 0.05) is 63.3 Å². The number of ether oxygens (including phenoxy) is 1. The predicted octanol–water partition coefficient (Wildman–Crippen LogP) is 1.86. The van der Waals surface area contributed by atoms with E-state index in [-0.39, 0.29) is 0 Å². The van der Waals surface area contributed by atoms with Crippen molar-refractivity contribution in [3.63, 3.8) is 0 Å². The lowest BCUT2D eigenvalue weighted by Crippen LogP contribution is -2.30. The maximum Gasteiger partial charge on any atom is 0.0887 e. The minimum absolute atomic E-state index is 0.386. The molecule has 136 valence electrons. The van der Waals surface area contributed by atoms with Gasteiger partial charge in [-0.1, -0.05) is 6.07 Å². The average molecular weight is 352 g/mol. The Kier molecular flexibility index (Phi) is 5.08. The Bertz CT molecular complexity index is 827. The molecule has 0 bridgehead atoms. The van der Waals surface area contributed by atoms with Gasteiger partial charge < -0.3 is 4.74 Å². The largest absolute Gasteiger partial charge is 0.375 e. The molecule has 0 N–H and O–H groups in total. The highest BCUT2D eigenvalue weighted by atomic mass is 16.5. The second-order valence-electron chi connectivity index (χ2n) is 6.90. The summed E-state index contributed by atoms with van der Waals surface area (Å²) in [6, 6.07) is 8.01. The number of rotatable bonds is 6. The lowest BCUT2D eigenvalue weighted by atomic mass is 10.1. The molecule has 0 radical (unpaired) electrons. The van der Waals surface area contributed by atoms with E-state index in [1.807, 2.05) is 42.3 Å². The van der Waals surface area contributed by atoms with Crippen LogP contribution in [0.1, 0.15) is 17.0 Å². The van der Waals surface area contributed by atoms with Crippen LogP contribution in [-0.4, -0.2) is 42.6 Å². The van der Waals surface area contributed by atoms with Crippen molar-refractivity contribution >= 4 is 0 Å². The van der Waals surface area contributed by atoms with Crippen LogP contribution in [0.15, 0.2) is 49.1 Å². The Labute approximate surface area is 153 Å². The fourth-order valence-electron chi connectivity index (χ4n) is 3.47. The minimum Gasteiger partial charge on any atom is -0.375 e. The molecule has 0 aliphatic carbocycles. The van der Waals surface area contributed by atoms with Crippen LogP contribution in [0.25, 0.3) is 0 Å². The monoisotopic (exact) mass is 352 g/mol. The molecule has 1 unspecified atom stereocenters. The molecule has 0 fully saturated rings. The van der Waals surface area contributed by atoms with E-state index in [9.17, 15) is 0 Å². The third-order valence-electron chi connectivity index (χ3n) is 4.63. The number of aromatic nitrogens is 5. The van der Waals surface area contributed by atoms with Crippen molar-refractivity contribution < 1.29 is 4.74 Å². The van der Waals surface area contributed by atoms with Gasteiger partial charge in [-0.15, -0.1) is 0 Å². The molecule has 3 aromatic heterocycles. The van der Waals surface area contributed by atoms with Crippen molar-refractivity contribution in [1.29, 1.82) is 0 Å². The van der Waals surface area contributed by atoms with Gasteiger partial charge in [-0.25, -0.2) is 0 Å². The topological polar surface area (TPSA) is 61.0 Å². The van der Waals surface area contributed by atoms with Crippen LogP contribution in [0.5, 0.6) is 0 Å². The molecule has 0 amide bonds. The summed E-state index contributed by atoms with van der Waals surface area (Å²) in [7, 11) is 1.95. The Morgan fingerprint density at radius 1 is 1.15 bits per heavy atom. The molecule has 26 heavy (non-hydrogen) atoms. The summed E-state index contributed by atoms with van der Waals surface area (Å²) >= 11 is 0. The third kappa shape index (κ3) is 4.17. The summed E-state index contributed by atoms with van der Waals surface area (Å²) in [5.41, 5.74) is 3.45. The Balaban J connectivity index is 1.40. The molecule has 7 heteroatoms. The number of hydrogen-bond acceptors (Lipinski definition) is 5. The molecule has 0 spiro atoms. The maximum absolute atomic E-state index is 5.96. The fourth-order valence-corrected chi connectivity index (χ4v) is 3.47. The van der Waals surface area contributed by atoms with Crippen LogP contribution in [0.3, 0.4) is 0 Å². The Morgan fingerprint density at radius 2 is 2.12 bits per heavy atom. The number of fused-ring (bicyclic) bond motifs is 1. The van der Waals surface area contributed by atoms with Gasteiger partial charge in [-0.3, -0.25) is 19.2 Å². The molecular formula is C19H24N6O. The molecule has 4 heterocycles. The first kappa shape index (κ1) is 16.9. The van der Waals surface area contributed by atoms with Crippen LogP contribution in [0, 0.1) is 5.92 Å². The summed E-state index contributed by atoms with van der Waals surface area (Å²) in [6.07, 6.45) is 7.70. The zero-order valence-corrected chi connectivity index (χ0v) is 15.0. The zero-order valence-electron chi connectivity index (χ0n) is 15.0. The van der Waals surface area contributed by atoms with E-state index in [0.717, 1.165) is 31.9 Å². The van der Waals surface area contributed by atoms with E-state index < -0.39 is 0 Å². The van der Waals surface area contributed by atoms with E-state index in [2.05, 4.69) is 37.0 Å². The highest BCUT2D eigenvalue weighted by molar-refractivity contribution is 5.07. The molecule has 0 saturated heterocycles. The second-order valence-corrected chi connectivity index (χ2v) is 6.90. The first-order valence-electron chi connectivity index (χ1n) is 8.94. The molecule has 1 atom stereocenters. The van der Waals surface area contributed by atoms with Crippen molar-refractivity contribution in [2.24, 2.45) is 13.0 Å². The first-order valence-corrected chi connectivity index (χ1v) is 8.94. The predicted molar refractivity (Wildman–Crippen MR) is 96.9 cm³/mol. The van der Waals surface area contributed by atoms with E-state index in [4.69, 9.17) is 4.74 Å². The van der Waals surface area contributed by atoms with Gasteiger partial charge >= 0.3 is 0 Å². The first-order chi connectivity index (χ1) is 12.8. The fraction of sp³-hybridized carbons (Fsp3) is 0.421. The Morgan fingerprint density at radius 3 is 2.92 bits per heavy atom. The van der Waals surface area contributed by atoms with Gasteiger partial charge in [0.05, 0.1) is 30.8 Å². The second kappa shape index (κ2) is 7.80. The van der Waals surface area contributed by atoms with Gasteiger partial charge in [0.1, 0.15) is 0 Å². The standard InChI is InChI=1S/C19H24N6O/c1-23-9-16(8-22-23)10-24-11-17(12-25-19(13-24)5-7-21-25)14-26-15-18-4-2-3-6-20-18/h2-9,17H,10-15H2,1H3. The molecule has 7 nitrogen and oxygen atoms in total. The van der Waals surface area contributed by atoms with E-state index in [1.165, 1.54) is 11.3 Å². The van der Waals surface area contributed by atoms with Crippen molar-refractivity contribution in [3.8, 4) is 0 Å². The lowest BCUT2D eigenvalue weighted by molar-refractivity contribution is 0.0640. The van der Waals surface area contributed by atoms with Crippen molar-refractivity contribution in [2.75, 3.05) is 13.2 Å². The summed E-state index contributed by atoms with van der Waals surface area (Å²) in [5.74, 6) is 0.386. The number of hydrogen-bond donors (Lipinski definition) is 0. The van der Waals surface area contributed by atoms with Gasteiger partial charge in [0.15, 0.2) is 0 Å². The number of nitrogens with zero attached hydrogens (tertiary/aromatic N) is 6. The van der Waals surface area contributed by atoms with Crippen molar-refractivity contribution in [3.05, 3.63) is 66.0 Å². The van der Waals surface area contributed by atoms with Crippen LogP contribution < -0.4 is 0 Å². The smallest absolute Gasteiger partial charge is 0.0887 e. The number of aryl methyl sites for hydroxylation is 1. The van der Waals surface area contributed by atoms with Crippen LogP contribution in [-0.2, 0) is 38.0 Å². The molecule has 4 rings (SSSR count). The van der Waals surface area contributed by atoms with E-state index in [0.29, 0.717) is 19.1 Å². The average Bonchev–Trinajstić information content (AvgIpc) is 3.21. The maximum atomic E-state index is 5.96. The lowest BCUT2D eigenvalue weighted by Gasteiger charge is -2.23. The van der Waals surface area contributed by atoms with Crippen molar-refractivity contribution in [2.45, 2.75) is 26.2 Å². The van der Waals surface area contributed by atoms with Crippen LogP contribution >= 0.6 is 0 Å². The zero-order chi connectivity index (χ0) is 17.8. The van der Waals surface area contributed by atoms with Gasteiger partial charge in [0.25, 0.3) is 0 Å². The molecule has 1 aliphatic heterocycles. The minimum atomic E-state index is 0.386. The van der Waals surface area contributed by atoms with Gasteiger partial charge in [0.2, 0.25) is 0 Å². The van der Waals surface area contributed by atoms with Gasteiger partial charge in [-0.2, -0.15) is 10.2 Å². The molecular weight excluding hydrogens is 328 g/mol. The van der Waals surface area contributed by atoms with Crippen molar-refractivity contribution in [1.82, 2.24) is 29.4 Å². The Hall–Kier alpha value is -2.51. The molecule has 0 saturated carbocycles. The van der Waals surface area contributed by atoms with Crippen LogP contribution in [0.2, 0.25) is 0 Å². The highest BCUT2D eigenvalue weighted by Crippen LogP contribution is 2.18. The van der Waals surface area contributed by atoms with Crippen LogP contribution in [0.4, 0.5) is 0 Å². The third-order valence-corrected chi connectivity index (χ3v) is 4.63. The summed E-state index contributed by atoms with van der Waals surface area (Å²) in [4.78, 5) is 6.77. The SMILES string of the molecule is Cn1cc(CN2Cc3ccnn3CC(COCc3ccccn3)C2)cn1. The normalized spacial score (nSPS) is 17.8. The molecule has 1 aliphatic rings. The number of pyridine rings is 1. The molecule has 0 aromatic carbocycles.